The van der Waals surface area contributed by atoms with Gasteiger partial charge in [0, 0.05) is 33.2 Å². The fourth-order valence-corrected chi connectivity index (χ4v) is 2.52. The highest BCUT2D eigenvalue weighted by molar-refractivity contribution is 5.91. The van der Waals surface area contributed by atoms with Gasteiger partial charge in [0.15, 0.2) is 5.69 Å². The summed E-state index contributed by atoms with van der Waals surface area (Å²) >= 11 is 0. The van der Waals surface area contributed by atoms with Crippen LogP contribution in [0.15, 0.2) is 12.1 Å². The van der Waals surface area contributed by atoms with Gasteiger partial charge in [0.25, 0.3) is 5.91 Å². The van der Waals surface area contributed by atoms with Crippen LogP contribution in [0.2, 0.25) is 0 Å². The summed E-state index contributed by atoms with van der Waals surface area (Å²) in [6, 6.07) is 4.15. The second-order valence-corrected chi connectivity index (χ2v) is 6.13. The lowest BCUT2D eigenvalue weighted by atomic mass is 10.1. The molecule has 6 heteroatoms. The first-order chi connectivity index (χ1) is 9.97. The fourth-order valence-electron chi connectivity index (χ4n) is 2.52. The lowest BCUT2D eigenvalue weighted by Gasteiger charge is -2.20. The molecule has 0 aliphatic carbocycles. The maximum absolute atomic E-state index is 11.7. The standard InChI is InChI=1S/C15H25N5O/c1-11(2)20-8-7-12(10-20)9-16-14-6-5-13(17-18-14)15(21)19(3)4/h5-6,11-12H,7-10H2,1-4H3,(H,16,18). The van der Waals surface area contributed by atoms with Gasteiger partial charge in [-0.15, -0.1) is 10.2 Å². The summed E-state index contributed by atoms with van der Waals surface area (Å²) in [6.45, 7) is 7.68. The molecule has 2 rings (SSSR count). The van der Waals surface area contributed by atoms with Crippen LogP contribution in [0.3, 0.4) is 0 Å². The van der Waals surface area contributed by atoms with Crippen LogP contribution in [0, 0.1) is 5.92 Å². The topological polar surface area (TPSA) is 61.4 Å². The van der Waals surface area contributed by atoms with Crippen molar-refractivity contribution in [2.75, 3.05) is 39.0 Å². The summed E-state index contributed by atoms with van der Waals surface area (Å²) in [6.07, 6.45) is 1.22. The van der Waals surface area contributed by atoms with Gasteiger partial charge < -0.3 is 15.1 Å². The van der Waals surface area contributed by atoms with Crippen molar-refractivity contribution in [3.8, 4) is 0 Å². The molecule has 1 N–H and O–H groups in total. The second-order valence-electron chi connectivity index (χ2n) is 6.13. The zero-order valence-corrected chi connectivity index (χ0v) is 13.3. The number of nitrogens with zero attached hydrogens (tertiary/aromatic N) is 4. The van der Waals surface area contributed by atoms with Crippen LogP contribution in [0.5, 0.6) is 0 Å². The Kier molecular flexibility index (Phi) is 5.12. The zero-order valence-electron chi connectivity index (χ0n) is 13.3. The second kappa shape index (κ2) is 6.85. The van der Waals surface area contributed by atoms with E-state index in [1.807, 2.05) is 6.07 Å². The normalized spacial score (nSPS) is 19.0. The van der Waals surface area contributed by atoms with Gasteiger partial charge in [0.1, 0.15) is 5.82 Å². The van der Waals surface area contributed by atoms with Crippen molar-refractivity contribution in [1.82, 2.24) is 20.0 Å². The van der Waals surface area contributed by atoms with Crippen LogP contribution in [-0.4, -0.2) is 65.7 Å². The third-order valence-corrected chi connectivity index (χ3v) is 3.91. The lowest BCUT2D eigenvalue weighted by molar-refractivity contribution is 0.0821. The summed E-state index contributed by atoms with van der Waals surface area (Å²) < 4.78 is 0. The van der Waals surface area contributed by atoms with E-state index in [-0.39, 0.29) is 5.91 Å². The van der Waals surface area contributed by atoms with Crippen LogP contribution in [0.25, 0.3) is 0 Å². The molecule has 1 unspecified atom stereocenters. The van der Waals surface area contributed by atoms with Crippen LogP contribution in [0.1, 0.15) is 30.8 Å². The number of nitrogens with one attached hydrogen (secondary N) is 1. The van der Waals surface area contributed by atoms with Crippen molar-refractivity contribution < 1.29 is 4.79 Å². The number of aromatic nitrogens is 2. The number of likely N-dealkylation sites (tertiary alicyclic amines) is 1. The van der Waals surface area contributed by atoms with Crippen molar-refractivity contribution in [1.29, 1.82) is 0 Å². The van der Waals surface area contributed by atoms with E-state index in [1.165, 1.54) is 17.9 Å². The van der Waals surface area contributed by atoms with E-state index >= 15 is 0 Å². The number of carbonyl (C=O) groups excluding carboxylic acids is 1. The van der Waals surface area contributed by atoms with Crippen molar-refractivity contribution in [3.63, 3.8) is 0 Å². The van der Waals surface area contributed by atoms with Crippen molar-refractivity contribution in [2.45, 2.75) is 26.3 Å². The van der Waals surface area contributed by atoms with Gasteiger partial charge in [-0.1, -0.05) is 0 Å². The Morgan fingerprint density at radius 2 is 2.19 bits per heavy atom. The first-order valence-corrected chi connectivity index (χ1v) is 7.50. The minimum absolute atomic E-state index is 0.127. The molecular weight excluding hydrogens is 266 g/mol. The highest BCUT2D eigenvalue weighted by Crippen LogP contribution is 2.18. The number of carbonyl (C=O) groups is 1. The summed E-state index contributed by atoms with van der Waals surface area (Å²) in [7, 11) is 3.41. The molecule has 1 fully saturated rings. The first kappa shape index (κ1) is 15.7. The molecule has 116 valence electrons. The van der Waals surface area contributed by atoms with Gasteiger partial charge in [0.05, 0.1) is 0 Å². The largest absolute Gasteiger partial charge is 0.368 e. The minimum atomic E-state index is -0.127. The molecule has 0 spiro atoms. The maximum Gasteiger partial charge on any atom is 0.273 e. The molecule has 1 aliphatic rings. The molecule has 0 radical (unpaired) electrons. The summed E-state index contributed by atoms with van der Waals surface area (Å²) in [5, 5.41) is 11.4. The Morgan fingerprint density at radius 3 is 2.71 bits per heavy atom. The van der Waals surface area contributed by atoms with Gasteiger partial charge in [-0.3, -0.25) is 4.79 Å². The molecule has 1 saturated heterocycles. The Bertz CT molecular complexity index is 471. The fraction of sp³-hybridized carbons (Fsp3) is 0.667. The molecule has 1 aliphatic heterocycles. The van der Waals surface area contributed by atoms with E-state index in [1.54, 1.807) is 20.2 Å². The van der Waals surface area contributed by atoms with E-state index < -0.39 is 0 Å². The van der Waals surface area contributed by atoms with E-state index in [9.17, 15) is 4.79 Å². The summed E-state index contributed by atoms with van der Waals surface area (Å²) in [5.74, 6) is 1.25. The number of rotatable bonds is 5. The van der Waals surface area contributed by atoms with Crippen molar-refractivity contribution >= 4 is 11.7 Å². The van der Waals surface area contributed by atoms with Crippen LogP contribution in [0.4, 0.5) is 5.82 Å². The average molecular weight is 291 g/mol. The van der Waals surface area contributed by atoms with Crippen molar-refractivity contribution in [2.24, 2.45) is 5.92 Å². The Hall–Kier alpha value is -1.69. The molecule has 0 bridgehead atoms. The van der Waals surface area contributed by atoms with E-state index in [0.29, 0.717) is 17.7 Å². The van der Waals surface area contributed by atoms with Gasteiger partial charge >= 0.3 is 0 Å². The lowest BCUT2D eigenvalue weighted by Crippen LogP contribution is -2.29. The molecule has 0 saturated carbocycles. The van der Waals surface area contributed by atoms with Gasteiger partial charge in [-0.2, -0.15) is 0 Å². The molecule has 6 nitrogen and oxygen atoms in total. The predicted octanol–water partition coefficient (Wildman–Crippen LogP) is 1.32. The highest BCUT2D eigenvalue weighted by atomic mass is 16.2. The van der Waals surface area contributed by atoms with Gasteiger partial charge in [-0.25, -0.2) is 0 Å². The number of anilines is 1. The maximum atomic E-state index is 11.7. The smallest absolute Gasteiger partial charge is 0.273 e. The third kappa shape index (κ3) is 4.14. The number of amides is 1. The third-order valence-electron chi connectivity index (χ3n) is 3.91. The molecule has 2 heterocycles. The van der Waals surface area contributed by atoms with Gasteiger partial charge in [0.2, 0.25) is 0 Å². The number of hydrogen-bond donors (Lipinski definition) is 1. The quantitative estimate of drug-likeness (QED) is 0.886. The van der Waals surface area contributed by atoms with E-state index in [0.717, 1.165) is 18.9 Å². The molecule has 21 heavy (non-hydrogen) atoms. The molecular formula is C15H25N5O. The van der Waals surface area contributed by atoms with Crippen LogP contribution < -0.4 is 5.32 Å². The molecule has 0 aromatic carbocycles. The predicted molar refractivity (Wildman–Crippen MR) is 83.4 cm³/mol. The SMILES string of the molecule is CC(C)N1CCC(CNc2ccc(C(=O)N(C)C)nn2)C1. The average Bonchev–Trinajstić information content (AvgIpc) is 2.94. The van der Waals surface area contributed by atoms with Crippen LogP contribution >= 0.6 is 0 Å². The first-order valence-electron chi connectivity index (χ1n) is 7.50. The van der Waals surface area contributed by atoms with Crippen LogP contribution in [-0.2, 0) is 0 Å². The highest BCUT2D eigenvalue weighted by Gasteiger charge is 2.23. The van der Waals surface area contributed by atoms with Crippen molar-refractivity contribution in [3.05, 3.63) is 17.8 Å². The Labute approximate surface area is 126 Å². The molecule has 1 amide bonds. The monoisotopic (exact) mass is 291 g/mol. The Balaban J connectivity index is 1.83. The number of hydrogen-bond acceptors (Lipinski definition) is 5. The minimum Gasteiger partial charge on any atom is -0.368 e. The molecule has 1 aromatic heterocycles. The van der Waals surface area contributed by atoms with E-state index in [2.05, 4.69) is 34.3 Å². The Morgan fingerprint density at radius 1 is 1.43 bits per heavy atom. The molecule has 1 aromatic rings. The summed E-state index contributed by atoms with van der Waals surface area (Å²) in [4.78, 5) is 15.7. The van der Waals surface area contributed by atoms with Gasteiger partial charge in [-0.05, 0) is 44.9 Å². The zero-order chi connectivity index (χ0) is 15.4. The van der Waals surface area contributed by atoms with E-state index in [4.69, 9.17) is 0 Å². The molecule has 1 atom stereocenters. The summed E-state index contributed by atoms with van der Waals surface area (Å²) in [5.41, 5.74) is 0.373.